The minimum Gasteiger partial charge on any atom is -0.267 e. The molecule has 28 heavy (non-hydrogen) atoms. The third kappa shape index (κ3) is 5.69. The van der Waals surface area contributed by atoms with Crippen molar-refractivity contribution in [1.29, 1.82) is 0 Å². The average Bonchev–Trinajstić information content (AvgIpc) is 2.63. The van der Waals surface area contributed by atoms with E-state index < -0.39 is 0 Å². The maximum atomic E-state index is 13.0. The molecule has 0 saturated heterocycles. The van der Waals surface area contributed by atoms with Gasteiger partial charge >= 0.3 is 0 Å². The normalized spacial score (nSPS) is 11.2. The fourth-order valence-electron chi connectivity index (χ4n) is 3.09. The first kappa shape index (κ1) is 21.7. The number of nitrogens with one attached hydrogen (secondary N) is 1. The van der Waals surface area contributed by atoms with E-state index in [1.54, 1.807) is 0 Å². The highest BCUT2D eigenvalue weighted by molar-refractivity contribution is 5.99. The number of amides is 2. The molecule has 0 fully saturated rings. The molecule has 0 aliphatic heterocycles. The molecule has 0 aromatic heterocycles. The molecule has 0 saturated carbocycles. The van der Waals surface area contributed by atoms with Gasteiger partial charge in [-0.05, 0) is 55.5 Å². The molecule has 0 bridgehead atoms. The molecule has 0 radical (unpaired) electrons. The van der Waals surface area contributed by atoms with Gasteiger partial charge in [0, 0.05) is 17.7 Å². The van der Waals surface area contributed by atoms with E-state index in [9.17, 15) is 9.59 Å². The van der Waals surface area contributed by atoms with E-state index in [0.717, 1.165) is 24.0 Å². The van der Waals surface area contributed by atoms with Gasteiger partial charge in [-0.2, -0.15) is 0 Å². The summed E-state index contributed by atoms with van der Waals surface area (Å²) in [5.74, 6) is -0.450. The van der Waals surface area contributed by atoms with Gasteiger partial charge in [-0.1, -0.05) is 63.4 Å². The quantitative estimate of drug-likeness (QED) is 0.726. The van der Waals surface area contributed by atoms with Crippen LogP contribution in [0.2, 0.25) is 0 Å². The molecule has 0 aliphatic rings. The van der Waals surface area contributed by atoms with Crippen LogP contribution in [0.1, 0.15) is 77.9 Å². The fraction of sp³-hybridized carbons (Fsp3) is 0.417. The van der Waals surface area contributed by atoms with E-state index >= 15 is 0 Å². The van der Waals surface area contributed by atoms with E-state index in [4.69, 9.17) is 0 Å². The van der Waals surface area contributed by atoms with Gasteiger partial charge in [-0.15, -0.1) is 0 Å². The number of aryl methyl sites for hydroxylation is 2. The number of rotatable bonds is 5. The second-order valence-corrected chi connectivity index (χ2v) is 8.46. The van der Waals surface area contributed by atoms with Crippen molar-refractivity contribution >= 4 is 11.8 Å². The number of hydrazine groups is 1. The van der Waals surface area contributed by atoms with Gasteiger partial charge in [-0.25, -0.2) is 5.01 Å². The summed E-state index contributed by atoms with van der Waals surface area (Å²) in [5.41, 5.74) is 7.20. The Hall–Kier alpha value is -2.62. The lowest BCUT2D eigenvalue weighted by Crippen LogP contribution is -2.46. The minimum atomic E-state index is -0.269. The predicted molar refractivity (Wildman–Crippen MR) is 114 cm³/mol. The van der Waals surface area contributed by atoms with Crippen molar-refractivity contribution in [1.82, 2.24) is 10.4 Å². The van der Waals surface area contributed by atoms with E-state index in [0.29, 0.717) is 17.7 Å². The third-order valence-electron chi connectivity index (χ3n) is 4.70. The Bertz CT molecular complexity index is 812. The van der Waals surface area contributed by atoms with E-state index in [-0.39, 0.29) is 17.2 Å². The Kier molecular flexibility index (Phi) is 7.00. The van der Waals surface area contributed by atoms with Crippen LogP contribution in [0.5, 0.6) is 0 Å². The highest BCUT2D eigenvalue weighted by Gasteiger charge is 2.20. The van der Waals surface area contributed by atoms with Crippen LogP contribution in [0.4, 0.5) is 0 Å². The zero-order valence-electron chi connectivity index (χ0n) is 17.9. The number of benzene rings is 2. The maximum Gasteiger partial charge on any atom is 0.272 e. The molecule has 0 unspecified atom stereocenters. The number of carbonyl (C=O) groups is 2. The summed E-state index contributed by atoms with van der Waals surface area (Å²) in [7, 11) is 0. The van der Waals surface area contributed by atoms with Crippen molar-refractivity contribution in [2.45, 2.75) is 59.8 Å². The van der Waals surface area contributed by atoms with Crippen molar-refractivity contribution in [2.24, 2.45) is 0 Å². The molecule has 150 valence electrons. The summed E-state index contributed by atoms with van der Waals surface area (Å²) in [6.45, 7) is 12.9. The summed E-state index contributed by atoms with van der Waals surface area (Å²) in [6.07, 6.45) is 1.76. The molecule has 2 aromatic carbocycles. The average molecular weight is 381 g/mol. The Morgan fingerprint density at radius 3 is 2.00 bits per heavy atom. The highest BCUT2D eigenvalue weighted by Crippen LogP contribution is 2.22. The molecule has 2 amide bonds. The summed E-state index contributed by atoms with van der Waals surface area (Å²) < 4.78 is 0. The van der Waals surface area contributed by atoms with Gasteiger partial charge in [0.25, 0.3) is 11.8 Å². The first-order valence-electron chi connectivity index (χ1n) is 9.93. The number of nitrogens with zero attached hydrogens (tertiary/aromatic N) is 1. The lowest BCUT2D eigenvalue weighted by molar-refractivity contribution is 0.0580. The van der Waals surface area contributed by atoms with Crippen molar-refractivity contribution in [3.8, 4) is 0 Å². The molecule has 0 aliphatic carbocycles. The van der Waals surface area contributed by atoms with Gasteiger partial charge in [0.15, 0.2) is 0 Å². The zero-order chi connectivity index (χ0) is 20.9. The first-order valence-corrected chi connectivity index (χ1v) is 9.93. The second kappa shape index (κ2) is 9.05. The summed E-state index contributed by atoms with van der Waals surface area (Å²) in [5, 5.41) is 1.44. The second-order valence-electron chi connectivity index (χ2n) is 8.46. The summed E-state index contributed by atoms with van der Waals surface area (Å²) >= 11 is 0. The van der Waals surface area contributed by atoms with Gasteiger partial charge < -0.3 is 0 Å². The summed E-state index contributed by atoms with van der Waals surface area (Å²) in [6, 6.07) is 13.3. The lowest BCUT2D eigenvalue weighted by Gasteiger charge is -2.24. The van der Waals surface area contributed by atoms with Crippen LogP contribution in [-0.4, -0.2) is 23.4 Å². The number of hydrogen-bond acceptors (Lipinski definition) is 2. The number of unbranched alkanes of at least 4 members (excludes halogenated alkanes) is 1. The highest BCUT2D eigenvalue weighted by atomic mass is 16.2. The van der Waals surface area contributed by atoms with Crippen LogP contribution in [0.3, 0.4) is 0 Å². The molecule has 2 rings (SSSR count). The van der Waals surface area contributed by atoms with E-state index in [1.165, 1.54) is 10.6 Å². The lowest BCUT2D eigenvalue weighted by atomic mass is 9.87. The van der Waals surface area contributed by atoms with Crippen LogP contribution in [-0.2, 0) is 5.41 Å². The molecule has 0 atom stereocenters. The van der Waals surface area contributed by atoms with Crippen molar-refractivity contribution in [3.63, 3.8) is 0 Å². The molecule has 4 nitrogen and oxygen atoms in total. The predicted octanol–water partition coefficient (Wildman–Crippen LogP) is 5.19. The van der Waals surface area contributed by atoms with Crippen LogP contribution in [0.15, 0.2) is 42.5 Å². The SMILES string of the molecule is CCCCN(NC(=O)c1ccc(C(C)(C)C)cc1)C(=O)c1cc(C)cc(C)c1. The Labute approximate surface area is 168 Å². The fourth-order valence-corrected chi connectivity index (χ4v) is 3.09. The molecule has 0 heterocycles. The molecule has 1 N–H and O–H groups in total. The maximum absolute atomic E-state index is 13.0. The van der Waals surface area contributed by atoms with Crippen LogP contribution in [0.25, 0.3) is 0 Å². The van der Waals surface area contributed by atoms with Gasteiger partial charge in [0.1, 0.15) is 0 Å². The van der Waals surface area contributed by atoms with Crippen LogP contribution < -0.4 is 5.43 Å². The van der Waals surface area contributed by atoms with E-state index in [1.807, 2.05) is 56.3 Å². The van der Waals surface area contributed by atoms with E-state index in [2.05, 4.69) is 33.1 Å². The Balaban J connectivity index is 2.21. The molecule has 4 heteroatoms. The zero-order valence-corrected chi connectivity index (χ0v) is 17.9. The minimum absolute atomic E-state index is 0.0289. The molecule has 2 aromatic rings. The van der Waals surface area contributed by atoms with Crippen molar-refractivity contribution in [3.05, 3.63) is 70.3 Å². The van der Waals surface area contributed by atoms with Crippen molar-refractivity contribution in [2.75, 3.05) is 6.54 Å². The smallest absolute Gasteiger partial charge is 0.267 e. The Morgan fingerprint density at radius 1 is 0.929 bits per heavy atom. The summed E-state index contributed by atoms with van der Waals surface area (Å²) in [4.78, 5) is 25.8. The monoisotopic (exact) mass is 380 g/mol. The molecular weight excluding hydrogens is 348 g/mol. The Morgan fingerprint density at radius 2 is 1.50 bits per heavy atom. The third-order valence-corrected chi connectivity index (χ3v) is 4.70. The van der Waals surface area contributed by atoms with Gasteiger partial charge in [0.05, 0.1) is 0 Å². The van der Waals surface area contributed by atoms with Crippen LogP contribution in [0, 0.1) is 13.8 Å². The van der Waals surface area contributed by atoms with Gasteiger partial charge in [0.2, 0.25) is 0 Å². The largest absolute Gasteiger partial charge is 0.272 e. The molecular formula is C24H32N2O2. The van der Waals surface area contributed by atoms with Gasteiger partial charge in [-0.3, -0.25) is 15.0 Å². The number of carbonyl (C=O) groups excluding carboxylic acids is 2. The van der Waals surface area contributed by atoms with Crippen molar-refractivity contribution < 1.29 is 9.59 Å². The first-order chi connectivity index (χ1) is 13.1. The number of hydrogen-bond donors (Lipinski definition) is 1. The standard InChI is InChI=1S/C24H32N2O2/c1-7-8-13-26(23(28)20-15-17(2)14-18(3)16-20)25-22(27)19-9-11-21(12-10-19)24(4,5)6/h9-12,14-16H,7-8,13H2,1-6H3,(H,25,27). The topological polar surface area (TPSA) is 49.4 Å². The molecule has 0 spiro atoms. The van der Waals surface area contributed by atoms with Crippen LogP contribution >= 0.6 is 0 Å².